The van der Waals surface area contributed by atoms with Crippen LogP contribution in [0.25, 0.3) is 0 Å². The van der Waals surface area contributed by atoms with Crippen molar-refractivity contribution < 1.29 is 0 Å². The highest BCUT2D eigenvalue weighted by molar-refractivity contribution is 5.01. The molecule has 0 spiro atoms. The predicted octanol–water partition coefficient (Wildman–Crippen LogP) is 1.68. The first-order chi connectivity index (χ1) is 4.27. The molecule has 0 heterocycles. The maximum atomic E-state index is 2.12. The van der Waals surface area contributed by atoms with Crippen LogP contribution in [0.4, 0.5) is 0 Å². The maximum Gasteiger partial charge on any atom is 0.0160 e. The number of nitrogens with zero attached hydrogens (tertiary/aromatic N) is 1. The zero-order valence-electron chi connectivity index (χ0n) is 6.46. The fourth-order valence-corrected chi connectivity index (χ4v) is 0.461. The fraction of sp³-hybridized carbons (Fsp3) is 0.500. The molecule has 0 N–H and O–H groups in total. The van der Waals surface area contributed by atoms with Crippen molar-refractivity contribution in [3.8, 4) is 0 Å². The summed E-state index contributed by atoms with van der Waals surface area (Å²) in [6.07, 6.45) is 8.23. The van der Waals surface area contributed by atoms with Gasteiger partial charge in [0.05, 0.1) is 0 Å². The summed E-state index contributed by atoms with van der Waals surface area (Å²) < 4.78 is 0. The van der Waals surface area contributed by atoms with Gasteiger partial charge in [-0.3, -0.25) is 0 Å². The van der Waals surface area contributed by atoms with Gasteiger partial charge in [0.15, 0.2) is 0 Å². The van der Waals surface area contributed by atoms with E-state index in [9.17, 15) is 0 Å². The van der Waals surface area contributed by atoms with Gasteiger partial charge in [0, 0.05) is 6.54 Å². The quantitative estimate of drug-likeness (QED) is 0.519. The van der Waals surface area contributed by atoms with Gasteiger partial charge in [0.25, 0.3) is 0 Å². The van der Waals surface area contributed by atoms with Crippen LogP contribution in [0.2, 0.25) is 0 Å². The Morgan fingerprint density at radius 3 is 2.33 bits per heavy atom. The minimum absolute atomic E-state index is 1.02. The monoisotopic (exact) mass is 125 g/mol. The Kier molecular flexibility index (Phi) is 5.23. The summed E-state index contributed by atoms with van der Waals surface area (Å²) in [5.74, 6) is 0. The number of allylic oxidation sites excluding steroid dienone is 3. The number of hydrogen-bond acceptors (Lipinski definition) is 1. The second kappa shape index (κ2) is 5.57. The Hall–Kier alpha value is -0.560. The van der Waals surface area contributed by atoms with Gasteiger partial charge in [-0.05, 0) is 21.0 Å². The Bertz CT molecular complexity index is 101. The van der Waals surface area contributed by atoms with E-state index in [1.807, 2.05) is 19.1 Å². The van der Waals surface area contributed by atoms with Crippen LogP contribution < -0.4 is 0 Å². The van der Waals surface area contributed by atoms with E-state index in [2.05, 4.69) is 31.1 Å². The van der Waals surface area contributed by atoms with Crippen molar-refractivity contribution in [2.75, 3.05) is 20.6 Å². The third-order valence-electron chi connectivity index (χ3n) is 0.910. The standard InChI is InChI=1S/C8H15N/c1-4-5-6-7-8-9(2)3/h4-7H,8H2,1-3H3/b5-4-,7-6-. The van der Waals surface area contributed by atoms with E-state index in [0.717, 1.165) is 6.54 Å². The summed E-state index contributed by atoms with van der Waals surface area (Å²) in [6, 6.07) is 0. The first-order valence-corrected chi connectivity index (χ1v) is 3.20. The molecule has 1 heteroatoms. The molecule has 0 aromatic heterocycles. The molecule has 0 aliphatic carbocycles. The molecule has 0 saturated carbocycles. The molecule has 0 aromatic carbocycles. The lowest BCUT2D eigenvalue weighted by atomic mass is 10.4. The molecule has 0 aliphatic heterocycles. The SMILES string of the molecule is C/C=C\C=C/CN(C)C. The molecule has 0 bridgehead atoms. The molecule has 0 atom stereocenters. The van der Waals surface area contributed by atoms with Crippen LogP contribution in [0.15, 0.2) is 24.3 Å². The molecule has 0 aromatic rings. The Balaban J connectivity index is 3.25. The fourth-order valence-electron chi connectivity index (χ4n) is 0.461. The summed E-state index contributed by atoms with van der Waals surface area (Å²) in [4.78, 5) is 2.12. The van der Waals surface area contributed by atoms with Crippen LogP contribution in [0.5, 0.6) is 0 Å². The van der Waals surface area contributed by atoms with Crippen LogP contribution in [0.1, 0.15) is 6.92 Å². The van der Waals surface area contributed by atoms with Crippen molar-refractivity contribution in [1.82, 2.24) is 4.90 Å². The van der Waals surface area contributed by atoms with E-state index in [-0.39, 0.29) is 0 Å². The largest absolute Gasteiger partial charge is 0.306 e. The van der Waals surface area contributed by atoms with Crippen LogP contribution >= 0.6 is 0 Å². The van der Waals surface area contributed by atoms with Crippen LogP contribution in [-0.2, 0) is 0 Å². The van der Waals surface area contributed by atoms with Crippen molar-refractivity contribution in [3.05, 3.63) is 24.3 Å². The summed E-state index contributed by atoms with van der Waals surface area (Å²) in [5.41, 5.74) is 0. The molecule has 0 unspecified atom stereocenters. The second-order valence-corrected chi connectivity index (χ2v) is 2.22. The molecule has 0 rings (SSSR count). The first-order valence-electron chi connectivity index (χ1n) is 3.20. The molecular weight excluding hydrogens is 110 g/mol. The van der Waals surface area contributed by atoms with E-state index in [0.29, 0.717) is 0 Å². The highest BCUT2D eigenvalue weighted by Crippen LogP contribution is 1.78. The molecule has 0 aliphatic rings. The summed E-state index contributed by atoms with van der Waals surface area (Å²) in [6.45, 7) is 3.03. The number of hydrogen-bond donors (Lipinski definition) is 0. The van der Waals surface area contributed by atoms with Gasteiger partial charge < -0.3 is 4.90 Å². The lowest BCUT2D eigenvalue weighted by Crippen LogP contribution is -2.10. The summed E-state index contributed by atoms with van der Waals surface area (Å²) >= 11 is 0. The highest BCUT2D eigenvalue weighted by atomic mass is 15.0. The average molecular weight is 125 g/mol. The van der Waals surface area contributed by atoms with Crippen LogP contribution in [-0.4, -0.2) is 25.5 Å². The molecule has 0 radical (unpaired) electrons. The van der Waals surface area contributed by atoms with Crippen LogP contribution in [0.3, 0.4) is 0 Å². The lowest BCUT2D eigenvalue weighted by molar-refractivity contribution is 0.456. The van der Waals surface area contributed by atoms with Gasteiger partial charge in [0.1, 0.15) is 0 Å². The topological polar surface area (TPSA) is 3.24 Å². The van der Waals surface area contributed by atoms with E-state index in [1.54, 1.807) is 0 Å². The first kappa shape index (κ1) is 8.44. The normalized spacial score (nSPS) is 12.4. The lowest BCUT2D eigenvalue weighted by Gasteiger charge is -2.02. The maximum absolute atomic E-state index is 2.12. The molecule has 0 saturated heterocycles. The van der Waals surface area contributed by atoms with E-state index in [4.69, 9.17) is 0 Å². The molecule has 9 heavy (non-hydrogen) atoms. The van der Waals surface area contributed by atoms with E-state index in [1.165, 1.54) is 0 Å². The number of likely N-dealkylation sites (N-methyl/N-ethyl adjacent to an activating group) is 1. The van der Waals surface area contributed by atoms with Gasteiger partial charge in [-0.1, -0.05) is 24.3 Å². The molecule has 0 amide bonds. The van der Waals surface area contributed by atoms with Crippen molar-refractivity contribution >= 4 is 0 Å². The van der Waals surface area contributed by atoms with Gasteiger partial charge >= 0.3 is 0 Å². The molecular formula is C8H15N. The Morgan fingerprint density at radius 1 is 1.22 bits per heavy atom. The zero-order valence-corrected chi connectivity index (χ0v) is 6.46. The molecule has 52 valence electrons. The minimum Gasteiger partial charge on any atom is -0.306 e. The van der Waals surface area contributed by atoms with Crippen molar-refractivity contribution in [2.24, 2.45) is 0 Å². The molecule has 0 fully saturated rings. The average Bonchev–Trinajstić information content (AvgIpc) is 1.80. The number of rotatable bonds is 3. The Labute approximate surface area is 57.7 Å². The van der Waals surface area contributed by atoms with E-state index >= 15 is 0 Å². The summed E-state index contributed by atoms with van der Waals surface area (Å²) in [5, 5.41) is 0. The molecule has 1 nitrogen and oxygen atoms in total. The van der Waals surface area contributed by atoms with Gasteiger partial charge in [-0.25, -0.2) is 0 Å². The van der Waals surface area contributed by atoms with Gasteiger partial charge in [0.2, 0.25) is 0 Å². The van der Waals surface area contributed by atoms with Crippen molar-refractivity contribution in [3.63, 3.8) is 0 Å². The van der Waals surface area contributed by atoms with Crippen molar-refractivity contribution in [1.29, 1.82) is 0 Å². The van der Waals surface area contributed by atoms with E-state index < -0.39 is 0 Å². The highest BCUT2D eigenvalue weighted by Gasteiger charge is 1.78. The van der Waals surface area contributed by atoms with Crippen molar-refractivity contribution in [2.45, 2.75) is 6.92 Å². The smallest absolute Gasteiger partial charge is 0.0160 e. The van der Waals surface area contributed by atoms with Crippen LogP contribution in [0, 0.1) is 0 Å². The third kappa shape index (κ3) is 7.44. The van der Waals surface area contributed by atoms with Gasteiger partial charge in [-0.15, -0.1) is 0 Å². The minimum atomic E-state index is 1.02. The summed E-state index contributed by atoms with van der Waals surface area (Å²) in [7, 11) is 4.11. The third-order valence-corrected chi connectivity index (χ3v) is 0.910. The second-order valence-electron chi connectivity index (χ2n) is 2.22. The van der Waals surface area contributed by atoms with Gasteiger partial charge in [-0.2, -0.15) is 0 Å². The zero-order chi connectivity index (χ0) is 7.11. The predicted molar refractivity (Wildman–Crippen MR) is 42.5 cm³/mol. The Morgan fingerprint density at radius 2 is 1.89 bits per heavy atom.